The summed E-state index contributed by atoms with van der Waals surface area (Å²) < 4.78 is 0. The summed E-state index contributed by atoms with van der Waals surface area (Å²) in [5.41, 5.74) is 7.65. The Morgan fingerprint density at radius 3 is 2.65 bits per heavy atom. The third-order valence-electron chi connectivity index (χ3n) is 4.37. The molecule has 0 bridgehead atoms. The standard InChI is InChI=1S/C17H26N2O/c1-14-7-5-8-15(13-14)19(12-6-11-18)16(20)17(2)9-3-4-10-17/h5,7-8,13H,3-4,6,9-12,18H2,1-2H3. The third-order valence-corrected chi connectivity index (χ3v) is 4.37. The molecule has 1 aliphatic carbocycles. The molecule has 2 N–H and O–H groups in total. The quantitative estimate of drug-likeness (QED) is 0.896. The Morgan fingerprint density at radius 2 is 2.05 bits per heavy atom. The van der Waals surface area contributed by atoms with Gasteiger partial charge in [-0.15, -0.1) is 0 Å². The van der Waals surface area contributed by atoms with E-state index in [9.17, 15) is 4.79 Å². The summed E-state index contributed by atoms with van der Waals surface area (Å²) in [5.74, 6) is 0.272. The zero-order valence-electron chi connectivity index (χ0n) is 12.7. The lowest BCUT2D eigenvalue weighted by Gasteiger charge is -2.32. The summed E-state index contributed by atoms with van der Waals surface area (Å²) in [7, 11) is 0. The Labute approximate surface area is 122 Å². The second-order valence-electron chi connectivity index (χ2n) is 6.21. The molecule has 0 saturated heterocycles. The van der Waals surface area contributed by atoms with E-state index >= 15 is 0 Å². The number of amides is 1. The van der Waals surface area contributed by atoms with Crippen LogP contribution in [0.4, 0.5) is 5.69 Å². The third kappa shape index (κ3) is 3.21. The van der Waals surface area contributed by atoms with Gasteiger partial charge in [0.1, 0.15) is 0 Å². The molecular weight excluding hydrogens is 248 g/mol. The number of nitrogens with zero attached hydrogens (tertiary/aromatic N) is 1. The van der Waals surface area contributed by atoms with Gasteiger partial charge in [0.05, 0.1) is 0 Å². The summed E-state index contributed by atoms with van der Waals surface area (Å²) in [6.07, 6.45) is 5.20. The lowest BCUT2D eigenvalue weighted by Crippen LogP contribution is -2.42. The second kappa shape index (κ2) is 6.40. The van der Waals surface area contributed by atoms with E-state index in [0.717, 1.165) is 24.9 Å². The average molecular weight is 274 g/mol. The molecule has 0 heterocycles. The fourth-order valence-corrected chi connectivity index (χ4v) is 3.09. The average Bonchev–Trinajstić information content (AvgIpc) is 2.87. The van der Waals surface area contributed by atoms with Crippen LogP contribution in [0.3, 0.4) is 0 Å². The first-order valence-corrected chi connectivity index (χ1v) is 7.65. The van der Waals surface area contributed by atoms with Crippen LogP contribution in [0, 0.1) is 12.3 Å². The van der Waals surface area contributed by atoms with Crippen LogP contribution < -0.4 is 10.6 Å². The SMILES string of the molecule is Cc1cccc(N(CCCN)C(=O)C2(C)CCCC2)c1. The number of benzene rings is 1. The first kappa shape index (κ1) is 15.0. The second-order valence-corrected chi connectivity index (χ2v) is 6.21. The molecule has 3 heteroatoms. The number of hydrogen-bond acceptors (Lipinski definition) is 2. The van der Waals surface area contributed by atoms with Crippen LogP contribution in [0.15, 0.2) is 24.3 Å². The zero-order chi connectivity index (χ0) is 14.6. The van der Waals surface area contributed by atoms with Crippen molar-refractivity contribution in [1.29, 1.82) is 0 Å². The van der Waals surface area contributed by atoms with Gasteiger partial charge in [0.15, 0.2) is 0 Å². The molecule has 1 saturated carbocycles. The number of nitrogens with two attached hydrogens (primary N) is 1. The van der Waals surface area contributed by atoms with Crippen LogP contribution in [0.2, 0.25) is 0 Å². The van der Waals surface area contributed by atoms with E-state index in [1.165, 1.54) is 18.4 Å². The van der Waals surface area contributed by atoms with Crippen molar-refractivity contribution in [2.75, 3.05) is 18.0 Å². The Hall–Kier alpha value is -1.35. The van der Waals surface area contributed by atoms with Crippen LogP contribution in [0.1, 0.15) is 44.6 Å². The van der Waals surface area contributed by atoms with Crippen LogP contribution in [-0.4, -0.2) is 19.0 Å². The van der Waals surface area contributed by atoms with Crippen molar-refractivity contribution in [3.05, 3.63) is 29.8 Å². The molecule has 20 heavy (non-hydrogen) atoms. The molecule has 0 radical (unpaired) electrons. The largest absolute Gasteiger partial charge is 0.330 e. The maximum absolute atomic E-state index is 13.0. The topological polar surface area (TPSA) is 46.3 Å². The van der Waals surface area contributed by atoms with Gasteiger partial charge in [-0.05, 0) is 50.4 Å². The molecule has 0 atom stereocenters. The van der Waals surface area contributed by atoms with Crippen molar-refractivity contribution in [3.8, 4) is 0 Å². The molecule has 3 nitrogen and oxygen atoms in total. The normalized spacial score (nSPS) is 17.1. The highest BCUT2D eigenvalue weighted by Crippen LogP contribution is 2.40. The summed E-state index contributed by atoms with van der Waals surface area (Å²) >= 11 is 0. The number of carbonyl (C=O) groups excluding carboxylic acids is 1. The molecule has 1 fully saturated rings. The molecule has 1 aromatic carbocycles. The maximum Gasteiger partial charge on any atom is 0.232 e. The van der Waals surface area contributed by atoms with Crippen LogP contribution in [0.25, 0.3) is 0 Å². The molecule has 0 unspecified atom stereocenters. The van der Waals surface area contributed by atoms with Crippen molar-refractivity contribution < 1.29 is 4.79 Å². The van der Waals surface area contributed by atoms with E-state index in [1.54, 1.807) is 0 Å². The summed E-state index contributed by atoms with van der Waals surface area (Å²) in [5, 5.41) is 0. The summed E-state index contributed by atoms with van der Waals surface area (Å²) in [6.45, 7) is 5.51. The number of rotatable bonds is 5. The van der Waals surface area contributed by atoms with Gasteiger partial charge < -0.3 is 10.6 Å². The highest BCUT2D eigenvalue weighted by Gasteiger charge is 2.39. The van der Waals surface area contributed by atoms with Crippen molar-refractivity contribution >= 4 is 11.6 Å². The van der Waals surface area contributed by atoms with Crippen LogP contribution >= 0.6 is 0 Å². The molecule has 1 amide bonds. The van der Waals surface area contributed by atoms with Gasteiger partial charge in [-0.1, -0.05) is 31.9 Å². The Balaban J connectivity index is 2.25. The van der Waals surface area contributed by atoms with Gasteiger partial charge in [0.25, 0.3) is 0 Å². The van der Waals surface area contributed by atoms with Crippen LogP contribution in [0.5, 0.6) is 0 Å². The highest BCUT2D eigenvalue weighted by atomic mass is 16.2. The molecule has 0 aromatic heterocycles. The van der Waals surface area contributed by atoms with E-state index in [4.69, 9.17) is 5.73 Å². The van der Waals surface area contributed by atoms with Crippen molar-refractivity contribution in [1.82, 2.24) is 0 Å². The van der Waals surface area contributed by atoms with E-state index in [-0.39, 0.29) is 11.3 Å². The first-order valence-electron chi connectivity index (χ1n) is 7.65. The maximum atomic E-state index is 13.0. The first-order chi connectivity index (χ1) is 9.57. The molecule has 1 aliphatic rings. The zero-order valence-corrected chi connectivity index (χ0v) is 12.7. The monoisotopic (exact) mass is 274 g/mol. The van der Waals surface area contributed by atoms with Crippen molar-refractivity contribution in [2.24, 2.45) is 11.1 Å². The van der Waals surface area contributed by atoms with Crippen LogP contribution in [-0.2, 0) is 4.79 Å². The number of aryl methyl sites for hydroxylation is 1. The van der Waals surface area contributed by atoms with Crippen molar-refractivity contribution in [3.63, 3.8) is 0 Å². The number of carbonyl (C=O) groups is 1. The van der Waals surface area contributed by atoms with Gasteiger partial charge in [-0.3, -0.25) is 4.79 Å². The lowest BCUT2D eigenvalue weighted by molar-refractivity contribution is -0.127. The number of hydrogen-bond donors (Lipinski definition) is 1. The Bertz CT molecular complexity index is 464. The molecule has 0 spiro atoms. The Morgan fingerprint density at radius 1 is 1.35 bits per heavy atom. The molecule has 1 aromatic rings. The fraction of sp³-hybridized carbons (Fsp3) is 0.588. The molecule has 110 valence electrons. The molecular formula is C17H26N2O. The van der Waals surface area contributed by atoms with Gasteiger partial charge in [-0.25, -0.2) is 0 Å². The smallest absolute Gasteiger partial charge is 0.232 e. The predicted octanol–water partition coefficient (Wildman–Crippen LogP) is 3.26. The molecule has 0 aliphatic heterocycles. The van der Waals surface area contributed by atoms with Gasteiger partial charge in [0.2, 0.25) is 5.91 Å². The van der Waals surface area contributed by atoms with Gasteiger partial charge in [0, 0.05) is 17.6 Å². The van der Waals surface area contributed by atoms with E-state index < -0.39 is 0 Å². The highest BCUT2D eigenvalue weighted by molar-refractivity contribution is 5.97. The predicted molar refractivity (Wildman–Crippen MR) is 83.8 cm³/mol. The van der Waals surface area contributed by atoms with Crippen molar-refractivity contribution in [2.45, 2.75) is 46.0 Å². The number of anilines is 1. The lowest BCUT2D eigenvalue weighted by atomic mass is 9.87. The molecule has 2 rings (SSSR count). The minimum absolute atomic E-state index is 0.182. The van der Waals surface area contributed by atoms with E-state index in [0.29, 0.717) is 13.1 Å². The minimum atomic E-state index is -0.182. The fourth-order valence-electron chi connectivity index (χ4n) is 3.09. The summed E-state index contributed by atoms with van der Waals surface area (Å²) in [4.78, 5) is 14.9. The van der Waals surface area contributed by atoms with Gasteiger partial charge in [-0.2, -0.15) is 0 Å². The Kier molecular flexibility index (Phi) is 4.81. The van der Waals surface area contributed by atoms with Gasteiger partial charge >= 0.3 is 0 Å². The van der Waals surface area contributed by atoms with E-state index in [2.05, 4.69) is 26.0 Å². The summed E-state index contributed by atoms with van der Waals surface area (Å²) in [6, 6.07) is 8.20. The van der Waals surface area contributed by atoms with E-state index in [1.807, 2.05) is 17.0 Å². The minimum Gasteiger partial charge on any atom is -0.330 e.